The molecule has 4 aromatic rings. The van der Waals surface area contributed by atoms with Crippen LogP contribution in [0.4, 0.5) is 18.9 Å². The maximum absolute atomic E-state index is 12.5. The normalized spacial score (nSPS) is 11.5. The van der Waals surface area contributed by atoms with Gasteiger partial charge in [0, 0.05) is 22.5 Å². The Kier molecular flexibility index (Phi) is 4.87. The number of pyridine rings is 1. The predicted molar refractivity (Wildman–Crippen MR) is 103 cm³/mol. The second kappa shape index (κ2) is 7.47. The van der Waals surface area contributed by atoms with Crippen molar-refractivity contribution in [2.75, 3.05) is 5.32 Å². The van der Waals surface area contributed by atoms with Gasteiger partial charge in [0.2, 0.25) is 0 Å². The van der Waals surface area contributed by atoms with Crippen LogP contribution in [-0.2, 0) is 6.54 Å². The maximum Gasteiger partial charge on any atom is 0.573 e. The summed E-state index contributed by atoms with van der Waals surface area (Å²) in [6.45, 7) is 0.567. The van der Waals surface area contributed by atoms with Gasteiger partial charge in [-0.05, 0) is 24.3 Å². The molecule has 8 heteroatoms. The standard InChI is InChI=1S/C20H14F3N3OS/c21-20(22,23)27-15-5-1-4-14(11-15)16-8-7-13-3-2-6-17(19(13)26-16)25-12-18-24-9-10-28-18/h1-11,25H,12H2. The molecule has 28 heavy (non-hydrogen) atoms. The summed E-state index contributed by atoms with van der Waals surface area (Å²) in [6, 6.07) is 15.2. The zero-order valence-corrected chi connectivity index (χ0v) is 15.2. The number of halogens is 3. The Bertz CT molecular complexity index is 1100. The molecule has 4 nitrogen and oxygen atoms in total. The van der Waals surface area contributed by atoms with Crippen LogP contribution in [0.3, 0.4) is 0 Å². The highest BCUT2D eigenvalue weighted by atomic mass is 32.1. The first-order valence-corrected chi connectivity index (χ1v) is 9.24. The van der Waals surface area contributed by atoms with Crippen LogP contribution in [0.5, 0.6) is 5.75 Å². The van der Waals surface area contributed by atoms with E-state index in [9.17, 15) is 13.2 Å². The highest BCUT2D eigenvalue weighted by molar-refractivity contribution is 7.09. The van der Waals surface area contributed by atoms with Gasteiger partial charge in [0.15, 0.2) is 0 Å². The van der Waals surface area contributed by atoms with Crippen molar-refractivity contribution in [1.29, 1.82) is 0 Å². The molecule has 0 atom stereocenters. The third-order valence-electron chi connectivity index (χ3n) is 4.00. The molecule has 2 aromatic heterocycles. The molecule has 1 N–H and O–H groups in total. The van der Waals surface area contributed by atoms with Crippen LogP contribution in [0.15, 0.2) is 66.2 Å². The maximum atomic E-state index is 12.5. The number of benzene rings is 2. The van der Waals surface area contributed by atoms with Gasteiger partial charge < -0.3 is 10.1 Å². The van der Waals surface area contributed by atoms with E-state index in [-0.39, 0.29) is 5.75 Å². The van der Waals surface area contributed by atoms with E-state index in [0.29, 0.717) is 17.8 Å². The van der Waals surface area contributed by atoms with Gasteiger partial charge in [0.05, 0.1) is 23.4 Å². The monoisotopic (exact) mass is 401 g/mol. The molecule has 0 saturated carbocycles. The van der Waals surface area contributed by atoms with Crippen LogP contribution in [-0.4, -0.2) is 16.3 Å². The predicted octanol–water partition coefficient (Wildman–Crippen LogP) is 5.87. The molecular weight excluding hydrogens is 387 g/mol. The summed E-state index contributed by atoms with van der Waals surface area (Å²) >= 11 is 1.55. The third-order valence-corrected chi connectivity index (χ3v) is 4.78. The number of nitrogens with one attached hydrogen (secondary N) is 1. The summed E-state index contributed by atoms with van der Waals surface area (Å²) < 4.78 is 41.5. The Morgan fingerprint density at radius 3 is 2.68 bits per heavy atom. The second-order valence-corrected chi connectivity index (χ2v) is 6.91. The number of ether oxygens (including phenoxy) is 1. The van der Waals surface area contributed by atoms with E-state index < -0.39 is 6.36 Å². The molecule has 0 unspecified atom stereocenters. The van der Waals surface area contributed by atoms with E-state index in [4.69, 9.17) is 0 Å². The van der Waals surface area contributed by atoms with Crippen LogP contribution in [0.1, 0.15) is 5.01 Å². The quantitative estimate of drug-likeness (QED) is 0.454. The summed E-state index contributed by atoms with van der Waals surface area (Å²) in [7, 11) is 0. The number of rotatable bonds is 5. The lowest BCUT2D eigenvalue weighted by atomic mass is 10.1. The molecular formula is C20H14F3N3OS. The first kappa shape index (κ1) is 18.2. The molecule has 2 aromatic carbocycles. The molecule has 0 aliphatic rings. The fourth-order valence-corrected chi connectivity index (χ4v) is 3.37. The molecule has 142 valence electrons. The number of hydrogen-bond donors (Lipinski definition) is 1. The molecule has 0 spiro atoms. The lowest BCUT2D eigenvalue weighted by Gasteiger charge is -2.11. The Hall–Kier alpha value is -3.13. The number of aromatic nitrogens is 2. The molecule has 0 aliphatic heterocycles. The van der Waals surface area contributed by atoms with Gasteiger partial charge in [-0.2, -0.15) is 0 Å². The summed E-state index contributed by atoms with van der Waals surface area (Å²) in [5.41, 5.74) is 2.66. The van der Waals surface area contributed by atoms with Crippen LogP contribution >= 0.6 is 11.3 Å². The van der Waals surface area contributed by atoms with E-state index in [2.05, 4.69) is 20.0 Å². The lowest BCUT2D eigenvalue weighted by molar-refractivity contribution is -0.274. The summed E-state index contributed by atoms with van der Waals surface area (Å²) in [4.78, 5) is 8.91. The lowest BCUT2D eigenvalue weighted by Crippen LogP contribution is -2.17. The Morgan fingerprint density at radius 1 is 1.04 bits per heavy atom. The van der Waals surface area contributed by atoms with Crippen LogP contribution in [0, 0.1) is 0 Å². The Balaban J connectivity index is 1.67. The van der Waals surface area contributed by atoms with Gasteiger partial charge in [-0.1, -0.05) is 30.3 Å². The molecule has 0 bridgehead atoms. The van der Waals surface area contributed by atoms with E-state index in [1.165, 1.54) is 18.2 Å². The van der Waals surface area contributed by atoms with Crippen molar-refractivity contribution in [3.8, 4) is 17.0 Å². The molecule has 0 amide bonds. The van der Waals surface area contributed by atoms with Crippen molar-refractivity contribution < 1.29 is 17.9 Å². The molecule has 0 aliphatic carbocycles. The largest absolute Gasteiger partial charge is 0.573 e. The van der Waals surface area contributed by atoms with Crippen molar-refractivity contribution in [2.24, 2.45) is 0 Å². The van der Waals surface area contributed by atoms with Gasteiger partial charge in [-0.3, -0.25) is 0 Å². The van der Waals surface area contributed by atoms with Crippen molar-refractivity contribution >= 4 is 27.9 Å². The molecule has 4 rings (SSSR count). The molecule has 0 radical (unpaired) electrons. The van der Waals surface area contributed by atoms with Crippen LogP contribution in [0.25, 0.3) is 22.2 Å². The van der Waals surface area contributed by atoms with Gasteiger partial charge in [0.1, 0.15) is 10.8 Å². The topological polar surface area (TPSA) is 47.0 Å². The van der Waals surface area contributed by atoms with Crippen LogP contribution in [0.2, 0.25) is 0 Å². The number of fused-ring (bicyclic) bond motifs is 1. The average Bonchev–Trinajstić information content (AvgIpc) is 3.18. The summed E-state index contributed by atoms with van der Waals surface area (Å²) in [5, 5.41) is 7.11. The minimum atomic E-state index is -4.73. The van der Waals surface area contributed by atoms with E-state index in [1.54, 1.807) is 29.7 Å². The number of nitrogens with zero attached hydrogens (tertiary/aromatic N) is 2. The number of hydrogen-bond acceptors (Lipinski definition) is 5. The van der Waals surface area contributed by atoms with Crippen molar-refractivity contribution in [2.45, 2.75) is 12.9 Å². The SMILES string of the molecule is FC(F)(F)Oc1cccc(-c2ccc3cccc(NCc4nccs4)c3n2)c1. The molecule has 0 fully saturated rings. The number of alkyl halides is 3. The third kappa shape index (κ3) is 4.23. The fourth-order valence-electron chi connectivity index (χ4n) is 2.81. The fraction of sp³-hybridized carbons (Fsp3) is 0.100. The first-order valence-electron chi connectivity index (χ1n) is 8.36. The van der Waals surface area contributed by atoms with Gasteiger partial charge >= 0.3 is 6.36 Å². The Morgan fingerprint density at radius 2 is 1.89 bits per heavy atom. The second-order valence-electron chi connectivity index (χ2n) is 5.93. The highest BCUT2D eigenvalue weighted by Gasteiger charge is 2.31. The van der Waals surface area contributed by atoms with Crippen molar-refractivity contribution in [1.82, 2.24) is 9.97 Å². The van der Waals surface area contributed by atoms with E-state index in [0.717, 1.165) is 21.6 Å². The number of thiazole rings is 1. The zero-order valence-electron chi connectivity index (χ0n) is 14.4. The molecule has 0 saturated heterocycles. The minimum Gasteiger partial charge on any atom is -0.406 e. The van der Waals surface area contributed by atoms with Gasteiger partial charge in [-0.25, -0.2) is 9.97 Å². The zero-order chi connectivity index (χ0) is 19.6. The van der Waals surface area contributed by atoms with E-state index in [1.807, 2.05) is 29.6 Å². The molecule has 2 heterocycles. The average molecular weight is 401 g/mol. The van der Waals surface area contributed by atoms with Gasteiger partial charge in [0.25, 0.3) is 0 Å². The number of para-hydroxylation sites is 1. The summed E-state index contributed by atoms with van der Waals surface area (Å²) in [5.74, 6) is -0.276. The smallest absolute Gasteiger partial charge is 0.406 e. The van der Waals surface area contributed by atoms with E-state index >= 15 is 0 Å². The summed E-state index contributed by atoms with van der Waals surface area (Å²) in [6.07, 6.45) is -2.99. The van der Waals surface area contributed by atoms with Crippen LogP contribution < -0.4 is 10.1 Å². The highest BCUT2D eigenvalue weighted by Crippen LogP contribution is 2.30. The number of anilines is 1. The van der Waals surface area contributed by atoms with Crippen molar-refractivity contribution in [3.05, 3.63) is 71.2 Å². The first-order chi connectivity index (χ1) is 13.5. The van der Waals surface area contributed by atoms with Crippen molar-refractivity contribution in [3.63, 3.8) is 0 Å². The minimum absolute atomic E-state index is 0.276. The van der Waals surface area contributed by atoms with Gasteiger partial charge in [-0.15, -0.1) is 24.5 Å². The Labute approximate surface area is 162 Å².